The normalized spacial score (nSPS) is 10.9. The number of rotatable bonds is 4. The Morgan fingerprint density at radius 3 is 2.71 bits per heavy atom. The van der Waals surface area contributed by atoms with Crippen molar-refractivity contribution in [1.29, 1.82) is 0 Å². The van der Waals surface area contributed by atoms with Crippen molar-refractivity contribution in [1.82, 2.24) is 9.97 Å². The van der Waals surface area contributed by atoms with Crippen molar-refractivity contribution in [2.75, 3.05) is 0 Å². The molecule has 0 saturated heterocycles. The van der Waals surface area contributed by atoms with Gasteiger partial charge < -0.3 is 10.1 Å². The molecule has 4 nitrogen and oxygen atoms in total. The van der Waals surface area contributed by atoms with Gasteiger partial charge in [0, 0.05) is 12.0 Å². The first-order valence-electron chi connectivity index (χ1n) is 6.59. The molecule has 0 aliphatic rings. The van der Waals surface area contributed by atoms with Gasteiger partial charge in [0.05, 0.1) is 22.5 Å². The number of aryl methyl sites for hydroxylation is 1. The van der Waals surface area contributed by atoms with Crippen molar-refractivity contribution >= 4 is 28.6 Å². The fraction of sp³-hybridized carbons (Fsp3) is 0.125. The molecule has 0 amide bonds. The zero-order chi connectivity index (χ0) is 14.8. The van der Waals surface area contributed by atoms with E-state index >= 15 is 0 Å². The summed E-state index contributed by atoms with van der Waals surface area (Å²) in [4.78, 5) is 18.2. The molecule has 0 bridgehead atoms. The van der Waals surface area contributed by atoms with Crippen LogP contribution in [0.1, 0.15) is 12.2 Å². The number of aromatic nitrogens is 2. The highest BCUT2D eigenvalue weighted by Crippen LogP contribution is 2.31. The summed E-state index contributed by atoms with van der Waals surface area (Å²) in [5, 5.41) is 9.36. The highest BCUT2D eigenvalue weighted by atomic mass is 35.5. The zero-order valence-electron chi connectivity index (χ0n) is 11.1. The number of imidazole rings is 1. The lowest BCUT2D eigenvalue weighted by Gasteiger charge is -2.04. The van der Waals surface area contributed by atoms with E-state index in [0.29, 0.717) is 17.3 Å². The summed E-state index contributed by atoms with van der Waals surface area (Å²) < 4.78 is 0. The van der Waals surface area contributed by atoms with Crippen LogP contribution >= 0.6 is 11.6 Å². The van der Waals surface area contributed by atoms with Crippen LogP contribution in [0.3, 0.4) is 0 Å². The fourth-order valence-electron chi connectivity index (χ4n) is 2.27. The number of benzene rings is 2. The Morgan fingerprint density at radius 1 is 1.24 bits per heavy atom. The molecule has 0 radical (unpaired) electrons. The van der Waals surface area contributed by atoms with E-state index in [-0.39, 0.29) is 6.42 Å². The van der Waals surface area contributed by atoms with Gasteiger partial charge in [-0.05, 0) is 17.7 Å². The maximum atomic E-state index is 10.6. The van der Waals surface area contributed by atoms with Crippen LogP contribution in [0.4, 0.5) is 0 Å². The molecular weight excluding hydrogens is 288 g/mol. The Morgan fingerprint density at radius 2 is 2.00 bits per heavy atom. The van der Waals surface area contributed by atoms with Crippen molar-refractivity contribution in [2.24, 2.45) is 0 Å². The van der Waals surface area contributed by atoms with Crippen LogP contribution in [0, 0.1) is 0 Å². The predicted octanol–water partition coefficient (Wildman–Crippen LogP) is 3.90. The number of aliphatic carboxylic acids is 1. The molecule has 21 heavy (non-hydrogen) atoms. The van der Waals surface area contributed by atoms with E-state index in [2.05, 4.69) is 9.97 Å². The minimum atomic E-state index is -0.835. The SMILES string of the molecule is O=C(O)CCc1nc2cc(-c3ccccc3)c(Cl)cc2[nH]1. The number of nitrogens with zero attached hydrogens (tertiary/aromatic N) is 1. The molecule has 1 heterocycles. The smallest absolute Gasteiger partial charge is 0.303 e. The molecule has 0 unspecified atom stereocenters. The van der Waals surface area contributed by atoms with Gasteiger partial charge in [0.15, 0.2) is 0 Å². The number of halogens is 1. The van der Waals surface area contributed by atoms with Gasteiger partial charge in [0.1, 0.15) is 5.82 Å². The topological polar surface area (TPSA) is 66.0 Å². The second-order valence-electron chi connectivity index (χ2n) is 4.79. The first kappa shape index (κ1) is 13.6. The van der Waals surface area contributed by atoms with E-state index < -0.39 is 5.97 Å². The lowest BCUT2D eigenvalue weighted by Crippen LogP contribution is -1.98. The van der Waals surface area contributed by atoms with Crippen LogP contribution in [0.5, 0.6) is 0 Å². The van der Waals surface area contributed by atoms with E-state index in [9.17, 15) is 4.79 Å². The average molecular weight is 301 g/mol. The molecule has 106 valence electrons. The van der Waals surface area contributed by atoms with E-state index in [1.54, 1.807) is 0 Å². The molecule has 0 aliphatic heterocycles. The first-order chi connectivity index (χ1) is 10.1. The lowest BCUT2D eigenvalue weighted by molar-refractivity contribution is -0.137. The third kappa shape index (κ3) is 2.90. The van der Waals surface area contributed by atoms with E-state index in [0.717, 1.165) is 22.2 Å². The third-order valence-corrected chi connectivity index (χ3v) is 3.59. The van der Waals surface area contributed by atoms with Crippen molar-refractivity contribution in [3.05, 3.63) is 53.3 Å². The van der Waals surface area contributed by atoms with Gasteiger partial charge in [-0.2, -0.15) is 0 Å². The quantitative estimate of drug-likeness (QED) is 0.768. The van der Waals surface area contributed by atoms with Crippen molar-refractivity contribution in [3.8, 4) is 11.1 Å². The van der Waals surface area contributed by atoms with Crippen LogP contribution < -0.4 is 0 Å². The zero-order valence-corrected chi connectivity index (χ0v) is 11.9. The van der Waals surface area contributed by atoms with Gasteiger partial charge in [-0.25, -0.2) is 4.98 Å². The predicted molar refractivity (Wildman–Crippen MR) is 82.5 cm³/mol. The van der Waals surface area contributed by atoms with Gasteiger partial charge in [0.2, 0.25) is 0 Å². The lowest BCUT2D eigenvalue weighted by atomic mass is 10.1. The van der Waals surface area contributed by atoms with E-state index in [4.69, 9.17) is 16.7 Å². The van der Waals surface area contributed by atoms with Crippen molar-refractivity contribution in [2.45, 2.75) is 12.8 Å². The average Bonchev–Trinajstić information content (AvgIpc) is 2.87. The molecular formula is C16H13ClN2O2. The summed E-state index contributed by atoms with van der Waals surface area (Å²) in [6, 6.07) is 13.6. The Bertz CT molecular complexity index is 797. The molecule has 1 aromatic heterocycles. The van der Waals surface area contributed by atoms with Crippen molar-refractivity contribution in [3.63, 3.8) is 0 Å². The van der Waals surface area contributed by atoms with Gasteiger partial charge >= 0.3 is 5.97 Å². The van der Waals surface area contributed by atoms with Gasteiger partial charge in [0.25, 0.3) is 0 Å². The van der Waals surface area contributed by atoms with Gasteiger partial charge in [-0.1, -0.05) is 41.9 Å². The minimum absolute atomic E-state index is 0.0547. The number of hydrogen-bond donors (Lipinski definition) is 2. The Hall–Kier alpha value is -2.33. The second kappa shape index (κ2) is 5.58. The molecule has 0 spiro atoms. The summed E-state index contributed by atoms with van der Waals surface area (Å²) >= 11 is 6.33. The minimum Gasteiger partial charge on any atom is -0.481 e. The Balaban J connectivity index is 2.01. The number of carboxylic acids is 1. The molecule has 0 atom stereocenters. The summed E-state index contributed by atoms with van der Waals surface area (Å²) in [6.45, 7) is 0. The Labute approximate surface area is 126 Å². The molecule has 3 aromatic rings. The van der Waals surface area contributed by atoms with Crippen LogP contribution in [0.25, 0.3) is 22.2 Å². The number of fused-ring (bicyclic) bond motifs is 1. The molecule has 3 rings (SSSR count). The molecule has 5 heteroatoms. The maximum Gasteiger partial charge on any atom is 0.303 e. The highest BCUT2D eigenvalue weighted by molar-refractivity contribution is 6.34. The fourth-order valence-corrected chi connectivity index (χ4v) is 2.54. The number of aromatic amines is 1. The molecule has 2 aromatic carbocycles. The van der Waals surface area contributed by atoms with E-state index in [1.165, 1.54) is 0 Å². The van der Waals surface area contributed by atoms with Crippen LogP contribution in [-0.4, -0.2) is 21.0 Å². The first-order valence-corrected chi connectivity index (χ1v) is 6.96. The third-order valence-electron chi connectivity index (χ3n) is 3.28. The number of nitrogens with one attached hydrogen (secondary N) is 1. The standard InChI is InChI=1S/C16H13ClN2O2/c17-12-9-14-13(18-15(19-14)6-7-16(20)21)8-11(12)10-4-2-1-3-5-10/h1-5,8-9H,6-7H2,(H,18,19)(H,20,21). The van der Waals surface area contributed by atoms with Gasteiger partial charge in [-0.3, -0.25) is 4.79 Å². The molecule has 0 aliphatic carbocycles. The summed E-state index contributed by atoms with van der Waals surface area (Å²) in [7, 11) is 0. The summed E-state index contributed by atoms with van der Waals surface area (Å²) in [5.74, 6) is -0.174. The Kier molecular flexibility index (Phi) is 3.62. The summed E-state index contributed by atoms with van der Waals surface area (Å²) in [6.07, 6.45) is 0.432. The summed E-state index contributed by atoms with van der Waals surface area (Å²) in [5.41, 5.74) is 3.55. The maximum absolute atomic E-state index is 10.6. The number of H-pyrrole nitrogens is 1. The second-order valence-corrected chi connectivity index (χ2v) is 5.20. The molecule has 0 fully saturated rings. The van der Waals surface area contributed by atoms with Crippen LogP contribution in [0.2, 0.25) is 5.02 Å². The molecule has 0 saturated carbocycles. The van der Waals surface area contributed by atoms with Crippen LogP contribution in [0.15, 0.2) is 42.5 Å². The van der Waals surface area contributed by atoms with E-state index in [1.807, 2.05) is 42.5 Å². The largest absolute Gasteiger partial charge is 0.481 e. The van der Waals surface area contributed by atoms with Gasteiger partial charge in [-0.15, -0.1) is 0 Å². The van der Waals surface area contributed by atoms with Crippen molar-refractivity contribution < 1.29 is 9.90 Å². The molecule has 2 N–H and O–H groups in total. The highest BCUT2D eigenvalue weighted by Gasteiger charge is 2.10. The van der Waals surface area contributed by atoms with Crippen LogP contribution in [-0.2, 0) is 11.2 Å². The number of hydrogen-bond acceptors (Lipinski definition) is 2. The number of carboxylic acid groups (broad SMARTS) is 1. The monoisotopic (exact) mass is 300 g/mol. The number of carbonyl (C=O) groups is 1.